The topological polar surface area (TPSA) is 75.7 Å². The largest absolute Gasteiger partial charge is 0.494 e. The number of rotatable bonds is 10. The van der Waals surface area contributed by atoms with E-state index in [2.05, 4.69) is 5.32 Å². The lowest BCUT2D eigenvalue weighted by Gasteiger charge is -2.25. The molecule has 0 aromatic heterocycles. The van der Waals surface area contributed by atoms with Gasteiger partial charge in [0.2, 0.25) is 5.91 Å². The maximum Gasteiger partial charge on any atom is 0.264 e. The second kappa shape index (κ2) is 10.1. The van der Waals surface area contributed by atoms with Gasteiger partial charge in [0.15, 0.2) is 0 Å². The molecule has 0 saturated carbocycles. The molecule has 152 valence electrons. The van der Waals surface area contributed by atoms with Crippen molar-refractivity contribution in [1.29, 1.82) is 0 Å². The van der Waals surface area contributed by atoms with Gasteiger partial charge < -0.3 is 10.1 Å². The van der Waals surface area contributed by atoms with E-state index in [9.17, 15) is 13.2 Å². The standard InChI is InChI=1S/C21H28N2O4S/c1-4-9-17(3)22-21(24)16-23(18-10-7-6-8-11-18)28(25,26)20-14-12-19(13-15-20)27-5-2/h6-8,10-15,17H,4-5,9,16H2,1-3H3,(H,22,24)/t17-/m0/s1. The molecule has 28 heavy (non-hydrogen) atoms. The monoisotopic (exact) mass is 404 g/mol. The predicted octanol–water partition coefficient (Wildman–Crippen LogP) is 3.59. The van der Waals surface area contributed by atoms with E-state index < -0.39 is 10.0 Å². The molecular weight excluding hydrogens is 376 g/mol. The van der Waals surface area contributed by atoms with Crippen molar-refractivity contribution >= 4 is 21.6 Å². The Morgan fingerprint density at radius 2 is 1.71 bits per heavy atom. The summed E-state index contributed by atoms with van der Waals surface area (Å²) in [6.07, 6.45) is 1.77. The molecule has 0 fully saturated rings. The van der Waals surface area contributed by atoms with Crippen LogP contribution in [0, 0.1) is 0 Å². The third-order valence-corrected chi connectivity index (χ3v) is 5.97. The van der Waals surface area contributed by atoms with Gasteiger partial charge >= 0.3 is 0 Å². The van der Waals surface area contributed by atoms with Crippen LogP contribution in [0.1, 0.15) is 33.6 Å². The Hall–Kier alpha value is -2.54. The molecule has 7 heteroatoms. The Morgan fingerprint density at radius 1 is 1.07 bits per heavy atom. The quantitative estimate of drug-likeness (QED) is 0.657. The second-order valence-corrected chi connectivity index (χ2v) is 8.37. The first-order valence-corrected chi connectivity index (χ1v) is 10.9. The number of para-hydroxylation sites is 1. The highest BCUT2D eigenvalue weighted by Crippen LogP contribution is 2.25. The second-order valence-electron chi connectivity index (χ2n) is 6.51. The number of hydrogen-bond acceptors (Lipinski definition) is 4. The van der Waals surface area contributed by atoms with Gasteiger partial charge in [-0.25, -0.2) is 8.42 Å². The summed E-state index contributed by atoms with van der Waals surface area (Å²) in [5.74, 6) is 0.262. The molecule has 1 atom stereocenters. The average molecular weight is 405 g/mol. The van der Waals surface area contributed by atoms with Crippen LogP contribution in [-0.4, -0.2) is 33.5 Å². The Kier molecular flexibility index (Phi) is 7.87. The summed E-state index contributed by atoms with van der Waals surface area (Å²) >= 11 is 0. The van der Waals surface area contributed by atoms with E-state index in [-0.39, 0.29) is 23.4 Å². The summed E-state index contributed by atoms with van der Waals surface area (Å²) < 4.78 is 33.0. The number of hydrogen-bond donors (Lipinski definition) is 1. The van der Waals surface area contributed by atoms with Gasteiger partial charge in [-0.15, -0.1) is 0 Å². The molecule has 0 aliphatic rings. The zero-order chi connectivity index (χ0) is 20.6. The number of amides is 1. The molecule has 0 aliphatic carbocycles. The minimum absolute atomic E-state index is 0.0108. The molecule has 6 nitrogen and oxygen atoms in total. The number of sulfonamides is 1. The van der Waals surface area contributed by atoms with E-state index in [1.165, 1.54) is 12.1 Å². The molecule has 2 aromatic carbocycles. The van der Waals surface area contributed by atoms with Gasteiger partial charge in [-0.05, 0) is 56.7 Å². The van der Waals surface area contributed by atoms with Gasteiger partial charge in [-0.3, -0.25) is 9.10 Å². The number of anilines is 1. The van der Waals surface area contributed by atoms with Gasteiger partial charge in [0.25, 0.3) is 10.0 Å². The zero-order valence-corrected chi connectivity index (χ0v) is 17.4. The molecule has 0 saturated heterocycles. The first kappa shape index (κ1) is 21.8. The molecule has 0 radical (unpaired) electrons. The zero-order valence-electron chi connectivity index (χ0n) is 16.6. The first-order chi connectivity index (χ1) is 13.4. The van der Waals surface area contributed by atoms with Crippen molar-refractivity contribution in [1.82, 2.24) is 5.32 Å². The van der Waals surface area contributed by atoms with Crippen LogP contribution >= 0.6 is 0 Å². The molecular formula is C21H28N2O4S. The maximum absolute atomic E-state index is 13.3. The fourth-order valence-electron chi connectivity index (χ4n) is 2.87. The summed E-state index contributed by atoms with van der Waals surface area (Å²) in [6, 6.07) is 14.8. The van der Waals surface area contributed by atoms with E-state index in [0.29, 0.717) is 18.0 Å². The van der Waals surface area contributed by atoms with Crippen molar-refractivity contribution < 1.29 is 17.9 Å². The number of nitrogens with one attached hydrogen (secondary N) is 1. The predicted molar refractivity (Wildman–Crippen MR) is 111 cm³/mol. The van der Waals surface area contributed by atoms with Crippen LogP contribution in [0.5, 0.6) is 5.75 Å². The average Bonchev–Trinajstić information content (AvgIpc) is 2.67. The summed E-state index contributed by atoms with van der Waals surface area (Å²) in [5, 5.41) is 2.87. The van der Waals surface area contributed by atoms with Crippen LogP contribution in [0.15, 0.2) is 59.5 Å². The van der Waals surface area contributed by atoms with Crippen molar-refractivity contribution in [2.45, 2.75) is 44.6 Å². The third kappa shape index (κ3) is 5.73. The molecule has 0 unspecified atom stereocenters. The number of ether oxygens (including phenoxy) is 1. The van der Waals surface area contributed by atoms with Gasteiger partial charge in [-0.2, -0.15) is 0 Å². The molecule has 2 aromatic rings. The highest BCUT2D eigenvalue weighted by atomic mass is 32.2. The van der Waals surface area contributed by atoms with Crippen molar-refractivity contribution in [3.8, 4) is 5.75 Å². The van der Waals surface area contributed by atoms with E-state index in [4.69, 9.17) is 4.74 Å². The van der Waals surface area contributed by atoms with Gasteiger partial charge in [0.05, 0.1) is 17.2 Å². The lowest BCUT2D eigenvalue weighted by Crippen LogP contribution is -2.43. The summed E-state index contributed by atoms with van der Waals surface area (Å²) in [6.45, 7) is 6.02. The number of carbonyl (C=O) groups excluding carboxylic acids is 1. The Labute approximate surface area is 167 Å². The van der Waals surface area contributed by atoms with Crippen LogP contribution in [0.4, 0.5) is 5.69 Å². The Balaban J connectivity index is 2.31. The molecule has 1 N–H and O–H groups in total. The Morgan fingerprint density at radius 3 is 2.29 bits per heavy atom. The third-order valence-electron chi connectivity index (χ3n) is 4.18. The van der Waals surface area contributed by atoms with Gasteiger partial charge in [0, 0.05) is 6.04 Å². The van der Waals surface area contributed by atoms with Crippen LogP contribution in [-0.2, 0) is 14.8 Å². The highest BCUT2D eigenvalue weighted by Gasteiger charge is 2.27. The highest BCUT2D eigenvalue weighted by molar-refractivity contribution is 7.92. The molecule has 0 spiro atoms. The van der Waals surface area contributed by atoms with Crippen molar-refractivity contribution in [3.63, 3.8) is 0 Å². The molecule has 0 bridgehead atoms. The normalized spacial score (nSPS) is 12.2. The fourth-order valence-corrected chi connectivity index (χ4v) is 4.29. The van der Waals surface area contributed by atoms with Crippen LogP contribution in [0.3, 0.4) is 0 Å². The molecule has 1 amide bonds. The number of nitrogens with zero attached hydrogens (tertiary/aromatic N) is 1. The number of carbonyl (C=O) groups is 1. The van der Waals surface area contributed by atoms with Crippen molar-refractivity contribution in [2.24, 2.45) is 0 Å². The Bertz CT molecular complexity index is 852. The van der Waals surface area contributed by atoms with E-state index >= 15 is 0 Å². The van der Waals surface area contributed by atoms with Gasteiger partial charge in [0.1, 0.15) is 12.3 Å². The fraction of sp³-hybridized carbons (Fsp3) is 0.381. The minimum atomic E-state index is -3.91. The summed E-state index contributed by atoms with van der Waals surface area (Å²) in [4.78, 5) is 12.6. The van der Waals surface area contributed by atoms with E-state index in [0.717, 1.165) is 17.1 Å². The van der Waals surface area contributed by atoms with Crippen molar-refractivity contribution in [2.75, 3.05) is 17.5 Å². The van der Waals surface area contributed by atoms with Crippen LogP contribution < -0.4 is 14.4 Å². The first-order valence-electron chi connectivity index (χ1n) is 9.48. The lowest BCUT2D eigenvalue weighted by atomic mass is 10.2. The number of benzene rings is 2. The van der Waals surface area contributed by atoms with Gasteiger partial charge in [-0.1, -0.05) is 31.5 Å². The minimum Gasteiger partial charge on any atom is -0.494 e. The lowest BCUT2D eigenvalue weighted by molar-refractivity contribution is -0.120. The molecule has 2 rings (SSSR count). The molecule has 0 aliphatic heterocycles. The van der Waals surface area contributed by atoms with E-state index in [1.54, 1.807) is 42.5 Å². The van der Waals surface area contributed by atoms with E-state index in [1.807, 2.05) is 20.8 Å². The van der Waals surface area contributed by atoms with Crippen LogP contribution in [0.25, 0.3) is 0 Å². The van der Waals surface area contributed by atoms with Crippen molar-refractivity contribution in [3.05, 3.63) is 54.6 Å². The molecule has 0 heterocycles. The van der Waals surface area contributed by atoms with Crippen LogP contribution in [0.2, 0.25) is 0 Å². The SMILES string of the molecule is CCC[C@H](C)NC(=O)CN(c1ccccc1)S(=O)(=O)c1ccc(OCC)cc1. The smallest absolute Gasteiger partial charge is 0.264 e. The summed E-state index contributed by atoms with van der Waals surface area (Å²) in [7, 11) is -3.91. The summed E-state index contributed by atoms with van der Waals surface area (Å²) in [5.41, 5.74) is 0.440. The maximum atomic E-state index is 13.3.